The van der Waals surface area contributed by atoms with E-state index < -0.39 is 5.72 Å². The van der Waals surface area contributed by atoms with Crippen molar-refractivity contribution in [3.8, 4) is 0 Å². The highest BCUT2D eigenvalue weighted by molar-refractivity contribution is 5.98. The topological polar surface area (TPSA) is 78.7 Å². The number of carbonyl (C=O) groups excluding carboxylic acids is 2. The number of rotatable bonds is 5. The lowest BCUT2D eigenvalue weighted by Crippen LogP contribution is -2.61. The van der Waals surface area contributed by atoms with E-state index in [2.05, 4.69) is 26.0 Å². The van der Waals surface area contributed by atoms with Crippen LogP contribution in [-0.2, 0) is 18.3 Å². The summed E-state index contributed by atoms with van der Waals surface area (Å²) in [5, 5.41) is 11.0. The van der Waals surface area contributed by atoms with Gasteiger partial charge in [-0.1, -0.05) is 26.3 Å². The monoisotopic (exact) mass is 452 g/mol. The molecule has 1 N–H and O–H groups in total. The van der Waals surface area contributed by atoms with Crippen LogP contribution in [0.4, 0.5) is 0 Å². The molecule has 5 rings (SSSR count). The van der Waals surface area contributed by atoms with Crippen molar-refractivity contribution in [1.82, 2.24) is 19.4 Å². The number of nitrogens with zero attached hydrogens (tertiary/aromatic N) is 4. The lowest BCUT2D eigenvalue weighted by Gasteiger charge is -2.46. The summed E-state index contributed by atoms with van der Waals surface area (Å²) < 4.78 is 1.90. The molecule has 2 heterocycles. The Morgan fingerprint density at radius 2 is 1.91 bits per heavy atom. The van der Waals surface area contributed by atoms with Gasteiger partial charge in [0.15, 0.2) is 5.82 Å². The molecule has 3 fully saturated rings. The van der Waals surface area contributed by atoms with E-state index in [0.29, 0.717) is 43.6 Å². The number of aromatic nitrogens is 2. The quantitative estimate of drug-likeness (QED) is 0.752. The third kappa shape index (κ3) is 4.16. The van der Waals surface area contributed by atoms with Crippen LogP contribution in [0.5, 0.6) is 0 Å². The molecule has 2 aromatic rings. The minimum atomic E-state index is -1.05. The third-order valence-electron chi connectivity index (χ3n) is 7.62. The molecule has 0 unspecified atom stereocenters. The van der Waals surface area contributed by atoms with Crippen LogP contribution in [0.15, 0.2) is 12.1 Å². The van der Waals surface area contributed by atoms with Crippen LogP contribution < -0.4 is 0 Å². The first-order valence-electron chi connectivity index (χ1n) is 12.6. The molecule has 0 radical (unpaired) electrons. The minimum Gasteiger partial charge on any atom is -0.371 e. The summed E-state index contributed by atoms with van der Waals surface area (Å²) in [5.41, 5.74) is 3.41. The van der Waals surface area contributed by atoms with E-state index >= 15 is 0 Å². The maximum Gasteiger partial charge on any atom is 0.290 e. The van der Waals surface area contributed by atoms with Crippen molar-refractivity contribution in [3.05, 3.63) is 29.1 Å². The van der Waals surface area contributed by atoms with Crippen molar-refractivity contribution < 1.29 is 14.7 Å². The fraction of sp³-hybridized carbons (Fsp3) is 0.654. The number of hydrogen-bond acceptors (Lipinski definition) is 4. The van der Waals surface area contributed by atoms with Gasteiger partial charge >= 0.3 is 0 Å². The summed E-state index contributed by atoms with van der Waals surface area (Å²) >= 11 is 0. The average molecular weight is 453 g/mol. The number of hydrogen-bond donors (Lipinski definition) is 1. The fourth-order valence-electron chi connectivity index (χ4n) is 5.64. The zero-order valence-electron chi connectivity index (χ0n) is 20.1. The van der Waals surface area contributed by atoms with Gasteiger partial charge in [0.1, 0.15) is 12.3 Å². The highest BCUT2D eigenvalue weighted by Crippen LogP contribution is 2.42. The molecule has 2 amide bonds. The van der Waals surface area contributed by atoms with Gasteiger partial charge in [-0.25, -0.2) is 4.98 Å². The second kappa shape index (κ2) is 8.42. The number of aliphatic hydroxyl groups is 1. The first kappa shape index (κ1) is 22.4. The average Bonchev–Trinajstić information content (AvgIpc) is 3.57. The van der Waals surface area contributed by atoms with Crippen LogP contribution in [-0.4, -0.2) is 61.6 Å². The molecule has 2 aliphatic carbocycles. The van der Waals surface area contributed by atoms with Crippen LogP contribution >= 0.6 is 0 Å². The minimum absolute atomic E-state index is 0.00345. The molecule has 33 heavy (non-hydrogen) atoms. The van der Waals surface area contributed by atoms with Crippen molar-refractivity contribution in [2.75, 3.05) is 19.6 Å². The fourth-order valence-corrected chi connectivity index (χ4v) is 5.64. The largest absolute Gasteiger partial charge is 0.371 e. The number of aryl methyl sites for hydroxylation is 1. The smallest absolute Gasteiger partial charge is 0.290 e. The number of imidazole rings is 1. The van der Waals surface area contributed by atoms with Gasteiger partial charge < -0.3 is 19.5 Å². The molecule has 2 saturated carbocycles. The van der Waals surface area contributed by atoms with E-state index in [1.54, 1.807) is 9.80 Å². The first-order chi connectivity index (χ1) is 15.8. The predicted octanol–water partition coefficient (Wildman–Crippen LogP) is 3.59. The molecule has 7 nitrogen and oxygen atoms in total. The van der Waals surface area contributed by atoms with Gasteiger partial charge in [0.05, 0.1) is 11.0 Å². The van der Waals surface area contributed by atoms with Gasteiger partial charge in [-0.3, -0.25) is 9.59 Å². The van der Waals surface area contributed by atoms with Crippen LogP contribution in [0, 0.1) is 5.92 Å². The first-order valence-corrected chi connectivity index (χ1v) is 12.6. The molecule has 1 aromatic heterocycles. The second-order valence-corrected chi connectivity index (χ2v) is 10.7. The lowest BCUT2D eigenvalue weighted by atomic mass is 9.90. The Balaban J connectivity index is 1.41. The SMILES string of the molecule is CC(C)Cc1cc(C2CC2)cc2c1nc(C(=O)N1CCN(C3(O)CCCCC3)C(=O)C1)n2C. The van der Waals surface area contributed by atoms with E-state index in [1.807, 2.05) is 11.6 Å². The summed E-state index contributed by atoms with van der Waals surface area (Å²) in [4.78, 5) is 34.4. The standard InChI is InChI=1S/C26H36N4O3/c1-17(2)13-20-14-19(18-7-8-18)15-21-23(20)27-24(28(21)3)25(32)29-11-12-30(22(31)16-29)26(33)9-5-4-6-10-26/h14-15,17-18,33H,4-13,16H2,1-3H3. The molecule has 1 aromatic carbocycles. The molecule has 3 aliphatic rings. The summed E-state index contributed by atoms with van der Waals surface area (Å²) in [5.74, 6) is 1.14. The highest BCUT2D eigenvalue weighted by atomic mass is 16.3. The molecule has 0 atom stereocenters. The Labute approximate surface area is 195 Å². The van der Waals surface area contributed by atoms with E-state index in [-0.39, 0.29) is 18.4 Å². The van der Waals surface area contributed by atoms with Gasteiger partial charge in [-0.2, -0.15) is 0 Å². The lowest BCUT2D eigenvalue weighted by molar-refractivity contribution is -0.173. The van der Waals surface area contributed by atoms with Gasteiger partial charge in [0.2, 0.25) is 5.91 Å². The Morgan fingerprint density at radius 3 is 2.55 bits per heavy atom. The Bertz CT molecular complexity index is 1080. The van der Waals surface area contributed by atoms with Crippen LogP contribution in [0.3, 0.4) is 0 Å². The molecule has 1 saturated heterocycles. The number of fused-ring (bicyclic) bond motifs is 1. The predicted molar refractivity (Wildman–Crippen MR) is 127 cm³/mol. The Kier molecular flexibility index (Phi) is 5.71. The van der Waals surface area contributed by atoms with Crippen LogP contribution in [0.2, 0.25) is 0 Å². The maximum atomic E-state index is 13.5. The molecule has 7 heteroatoms. The van der Waals surface area contributed by atoms with Gasteiger partial charge in [-0.15, -0.1) is 0 Å². The molecular formula is C26H36N4O3. The molecule has 178 valence electrons. The van der Waals surface area contributed by atoms with Crippen molar-refractivity contribution in [2.24, 2.45) is 13.0 Å². The van der Waals surface area contributed by atoms with E-state index in [4.69, 9.17) is 4.98 Å². The van der Waals surface area contributed by atoms with Crippen LogP contribution in [0.25, 0.3) is 11.0 Å². The number of carbonyl (C=O) groups is 2. The van der Waals surface area contributed by atoms with E-state index in [0.717, 1.165) is 36.7 Å². The number of benzene rings is 1. The van der Waals surface area contributed by atoms with Crippen molar-refractivity contribution in [3.63, 3.8) is 0 Å². The summed E-state index contributed by atoms with van der Waals surface area (Å²) in [6.07, 6.45) is 7.61. The maximum absolute atomic E-state index is 13.5. The Morgan fingerprint density at radius 1 is 1.18 bits per heavy atom. The van der Waals surface area contributed by atoms with Crippen molar-refractivity contribution >= 4 is 22.8 Å². The molecule has 0 spiro atoms. The zero-order valence-corrected chi connectivity index (χ0v) is 20.1. The van der Waals surface area contributed by atoms with E-state index in [9.17, 15) is 14.7 Å². The van der Waals surface area contributed by atoms with Gasteiger partial charge in [0.25, 0.3) is 5.91 Å². The second-order valence-electron chi connectivity index (χ2n) is 10.7. The van der Waals surface area contributed by atoms with Crippen molar-refractivity contribution in [2.45, 2.75) is 76.9 Å². The van der Waals surface area contributed by atoms with E-state index in [1.165, 1.54) is 24.0 Å². The van der Waals surface area contributed by atoms with Crippen LogP contribution in [0.1, 0.15) is 86.5 Å². The zero-order chi connectivity index (χ0) is 23.3. The highest BCUT2D eigenvalue weighted by Gasteiger charge is 2.42. The third-order valence-corrected chi connectivity index (χ3v) is 7.62. The number of piperazine rings is 1. The van der Waals surface area contributed by atoms with Crippen molar-refractivity contribution in [1.29, 1.82) is 0 Å². The summed E-state index contributed by atoms with van der Waals surface area (Å²) in [7, 11) is 1.90. The summed E-state index contributed by atoms with van der Waals surface area (Å²) in [6, 6.07) is 4.48. The normalized spacial score (nSPS) is 21.3. The molecular weight excluding hydrogens is 416 g/mol. The summed E-state index contributed by atoms with van der Waals surface area (Å²) in [6.45, 7) is 5.19. The van der Waals surface area contributed by atoms with Gasteiger partial charge in [0, 0.05) is 20.1 Å². The molecule has 1 aliphatic heterocycles. The van der Waals surface area contributed by atoms with Gasteiger partial charge in [-0.05, 0) is 74.0 Å². The Hall–Kier alpha value is -2.41. The number of amides is 2. The molecule has 0 bridgehead atoms.